The monoisotopic (exact) mass is 312 g/mol. The van der Waals surface area contributed by atoms with E-state index in [1.54, 1.807) is 0 Å². The van der Waals surface area contributed by atoms with E-state index in [1.165, 1.54) is 30.7 Å². The molecule has 2 heterocycles. The van der Waals surface area contributed by atoms with Gasteiger partial charge in [0.15, 0.2) is 0 Å². The maximum absolute atomic E-state index is 12.1. The molecule has 0 saturated heterocycles. The van der Waals surface area contributed by atoms with Gasteiger partial charge >= 0.3 is 5.69 Å². The van der Waals surface area contributed by atoms with Crippen molar-refractivity contribution in [2.24, 2.45) is 0 Å². The molecule has 0 aromatic carbocycles. The Kier molecular flexibility index (Phi) is 4.11. The summed E-state index contributed by atoms with van der Waals surface area (Å²) in [6.45, 7) is 0. The van der Waals surface area contributed by atoms with Crippen LogP contribution in [-0.4, -0.2) is 20.8 Å². The molecular weight excluding hydrogens is 307 g/mol. The van der Waals surface area contributed by atoms with Crippen LogP contribution in [0.5, 0.6) is 0 Å². The summed E-state index contributed by atoms with van der Waals surface area (Å²) in [5.74, 6) is -0.726. The molecule has 1 amide bonds. The number of amides is 1. The van der Waals surface area contributed by atoms with Gasteiger partial charge in [-0.3, -0.25) is 19.9 Å². The van der Waals surface area contributed by atoms with E-state index in [0.29, 0.717) is 0 Å². The summed E-state index contributed by atoms with van der Waals surface area (Å²) >= 11 is 11.5. The van der Waals surface area contributed by atoms with Gasteiger partial charge in [-0.25, -0.2) is 4.98 Å². The van der Waals surface area contributed by atoms with E-state index in [0.717, 1.165) is 0 Å². The van der Waals surface area contributed by atoms with Crippen molar-refractivity contribution in [2.75, 3.05) is 5.32 Å². The second-order valence-electron chi connectivity index (χ2n) is 3.56. The fraction of sp³-hybridized carbons (Fsp3) is 0. The number of hydrogen-bond acceptors (Lipinski definition) is 5. The summed E-state index contributed by atoms with van der Waals surface area (Å²) in [5.41, 5.74) is -0.539. The Morgan fingerprint density at radius 3 is 2.70 bits per heavy atom. The lowest BCUT2D eigenvalue weighted by Gasteiger charge is -2.07. The van der Waals surface area contributed by atoms with Gasteiger partial charge in [0.2, 0.25) is 5.15 Å². The number of nitrogens with zero attached hydrogens (tertiary/aromatic N) is 3. The molecule has 2 aromatic heterocycles. The lowest BCUT2D eigenvalue weighted by Crippen LogP contribution is -2.15. The largest absolute Gasteiger partial charge is 0.319 e. The van der Waals surface area contributed by atoms with Crippen molar-refractivity contribution < 1.29 is 9.72 Å². The summed E-state index contributed by atoms with van der Waals surface area (Å²) < 4.78 is 0. The molecule has 0 unspecified atom stereocenters. The van der Waals surface area contributed by atoms with Crippen LogP contribution >= 0.6 is 23.2 Å². The second kappa shape index (κ2) is 5.81. The highest BCUT2D eigenvalue weighted by Gasteiger charge is 2.25. The van der Waals surface area contributed by atoms with Crippen molar-refractivity contribution >= 4 is 40.5 Å². The summed E-state index contributed by atoms with van der Waals surface area (Å²) in [4.78, 5) is 29.6. The zero-order chi connectivity index (χ0) is 14.7. The van der Waals surface area contributed by atoms with E-state index in [-0.39, 0.29) is 21.4 Å². The van der Waals surface area contributed by atoms with Gasteiger partial charge < -0.3 is 5.32 Å². The molecule has 0 radical (unpaired) electrons. The van der Waals surface area contributed by atoms with Crippen molar-refractivity contribution in [1.82, 2.24) is 9.97 Å². The average Bonchev–Trinajstić information content (AvgIpc) is 2.40. The highest BCUT2D eigenvalue weighted by Crippen LogP contribution is 2.27. The van der Waals surface area contributed by atoms with E-state index in [2.05, 4.69) is 15.3 Å². The molecule has 7 nitrogen and oxygen atoms in total. The van der Waals surface area contributed by atoms with Crippen LogP contribution in [0, 0.1) is 10.1 Å². The van der Waals surface area contributed by atoms with Gasteiger partial charge in [0.25, 0.3) is 5.91 Å². The fourth-order valence-electron chi connectivity index (χ4n) is 1.44. The minimum Gasteiger partial charge on any atom is -0.319 e. The maximum atomic E-state index is 12.1. The second-order valence-corrected chi connectivity index (χ2v) is 4.33. The number of pyridine rings is 2. The first kappa shape index (κ1) is 14.2. The maximum Gasteiger partial charge on any atom is 0.319 e. The number of halogens is 2. The average molecular weight is 313 g/mol. The Balaban J connectivity index is 2.38. The van der Waals surface area contributed by atoms with Crippen molar-refractivity contribution in [2.45, 2.75) is 0 Å². The lowest BCUT2D eigenvalue weighted by atomic mass is 10.2. The van der Waals surface area contributed by atoms with Crippen LogP contribution in [0.1, 0.15) is 10.4 Å². The van der Waals surface area contributed by atoms with E-state index in [9.17, 15) is 14.9 Å². The van der Waals surface area contributed by atoms with Gasteiger partial charge in [-0.2, -0.15) is 0 Å². The molecule has 2 rings (SSSR count). The Hall–Kier alpha value is -2.25. The SMILES string of the molecule is O=C(Nc1cnccc1Cl)c1ccnc(Cl)c1[N+](=O)[O-]. The number of aromatic nitrogens is 2. The van der Waals surface area contributed by atoms with Gasteiger partial charge in [0, 0.05) is 12.4 Å². The Morgan fingerprint density at radius 1 is 1.30 bits per heavy atom. The summed E-state index contributed by atoms with van der Waals surface area (Å²) in [7, 11) is 0. The van der Waals surface area contributed by atoms with E-state index >= 15 is 0 Å². The molecule has 20 heavy (non-hydrogen) atoms. The third-order valence-electron chi connectivity index (χ3n) is 2.32. The number of nitrogens with one attached hydrogen (secondary N) is 1. The van der Waals surface area contributed by atoms with Crippen molar-refractivity contribution in [3.05, 3.63) is 56.6 Å². The summed E-state index contributed by atoms with van der Waals surface area (Å²) in [5, 5.41) is 13.3. The van der Waals surface area contributed by atoms with Crippen LogP contribution in [-0.2, 0) is 0 Å². The third kappa shape index (κ3) is 2.84. The third-order valence-corrected chi connectivity index (χ3v) is 2.93. The van der Waals surface area contributed by atoms with Crippen LogP contribution in [0.2, 0.25) is 10.2 Å². The first-order valence-corrected chi connectivity index (χ1v) is 5.96. The molecule has 0 spiro atoms. The standard InChI is InChI=1S/C11H6Cl2N4O3/c12-7-2-3-14-5-8(7)16-11(18)6-1-4-15-10(13)9(6)17(19)20/h1-5H,(H,16,18). The van der Waals surface area contributed by atoms with Crippen molar-refractivity contribution in [3.8, 4) is 0 Å². The van der Waals surface area contributed by atoms with Crippen LogP contribution in [0.3, 0.4) is 0 Å². The van der Waals surface area contributed by atoms with Crippen LogP contribution in [0.25, 0.3) is 0 Å². The Bertz CT molecular complexity index is 693. The number of rotatable bonds is 3. The molecule has 1 N–H and O–H groups in total. The molecule has 0 aliphatic rings. The minimum atomic E-state index is -0.769. The number of anilines is 1. The molecule has 102 valence electrons. The van der Waals surface area contributed by atoms with Crippen LogP contribution in [0.15, 0.2) is 30.7 Å². The molecule has 0 saturated carbocycles. The predicted octanol–water partition coefficient (Wildman–Crippen LogP) is 2.94. The van der Waals surface area contributed by atoms with Crippen LogP contribution in [0.4, 0.5) is 11.4 Å². The minimum absolute atomic E-state index is 0.213. The highest BCUT2D eigenvalue weighted by atomic mass is 35.5. The molecule has 0 aliphatic carbocycles. The van der Waals surface area contributed by atoms with Crippen molar-refractivity contribution in [1.29, 1.82) is 0 Å². The summed E-state index contributed by atoms with van der Waals surface area (Å²) in [6.07, 6.45) is 3.98. The van der Waals surface area contributed by atoms with Crippen molar-refractivity contribution in [3.63, 3.8) is 0 Å². The first-order chi connectivity index (χ1) is 9.50. The first-order valence-electron chi connectivity index (χ1n) is 5.20. The van der Waals surface area contributed by atoms with Gasteiger partial charge in [0.1, 0.15) is 5.56 Å². The quantitative estimate of drug-likeness (QED) is 0.533. The number of carbonyl (C=O) groups excluding carboxylic acids is 1. The number of nitro groups is 1. The molecule has 0 atom stereocenters. The lowest BCUT2D eigenvalue weighted by molar-refractivity contribution is -0.385. The predicted molar refractivity (Wildman–Crippen MR) is 73.1 cm³/mol. The fourth-order valence-corrected chi connectivity index (χ4v) is 1.82. The topological polar surface area (TPSA) is 98.0 Å². The number of carbonyl (C=O) groups is 1. The van der Waals surface area contributed by atoms with E-state index < -0.39 is 16.5 Å². The highest BCUT2D eigenvalue weighted by molar-refractivity contribution is 6.34. The number of hydrogen-bond donors (Lipinski definition) is 1. The molecule has 9 heteroatoms. The van der Waals surface area contributed by atoms with Gasteiger partial charge in [0.05, 0.1) is 21.8 Å². The normalized spacial score (nSPS) is 10.1. The Labute approximate surface area is 122 Å². The van der Waals surface area contributed by atoms with Gasteiger partial charge in [-0.1, -0.05) is 23.2 Å². The zero-order valence-corrected chi connectivity index (χ0v) is 11.2. The van der Waals surface area contributed by atoms with E-state index in [4.69, 9.17) is 23.2 Å². The molecule has 0 bridgehead atoms. The van der Waals surface area contributed by atoms with E-state index in [1.807, 2.05) is 0 Å². The van der Waals surface area contributed by atoms with Crippen LogP contribution < -0.4 is 5.32 Å². The Morgan fingerprint density at radius 2 is 2.05 bits per heavy atom. The molecular formula is C11H6Cl2N4O3. The van der Waals surface area contributed by atoms with Gasteiger partial charge in [-0.05, 0) is 12.1 Å². The molecule has 0 aliphatic heterocycles. The molecule has 0 fully saturated rings. The zero-order valence-electron chi connectivity index (χ0n) is 9.71. The molecule has 2 aromatic rings. The smallest absolute Gasteiger partial charge is 0.319 e. The summed E-state index contributed by atoms with van der Waals surface area (Å²) in [6, 6.07) is 2.68. The van der Waals surface area contributed by atoms with Gasteiger partial charge in [-0.15, -0.1) is 0 Å².